The van der Waals surface area contributed by atoms with Crippen LogP contribution in [0, 0.1) is 13.8 Å². The molecule has 0 atom stereocenters. The third kappa shape index (κ3) is 2.25. The number of fused-ring (bicyclic) bond motifs is 3. The van der Waals surface area contributed by atoms with Crippen molar-refractivity contribution in [2.75, 3.05) is 7.11 Å². The fourth-order valence-electron chi connectivity index (χ4n) is 2.63. The largest absolute Gasteiger partial charge is 0.493 e. The summed E-state index contributed by atoms with van der Waals surface area (Å²) in [7, 11) is 1.61. The highest BCUT2D eigenvalue weighted by Gasteiger charge is 2.16. The first kappa shape index (κ1) is 14.5. The summed E-state index contributed by atoms with van der Waals surface area (Å²) < 4.78 is 18.3. The van der Waals surface area contributed by atoms with Gasteiger partial charge in [-0.25, -0.2) is 14.5 Å². The van der Waals surface area contributed by atoms with Crippen molar-refractivity contribution in [2.45, 2.75) is 20.5 Å². The molecule has 4 rings (SSSR count). The van der Waals surface area contributed by atoms with Crippen molar-refractivity contribution in [2.24, 2.45) is 0 Å². The predicted octanol–water partition coefficient (Wildman–Crippen LogP) is 3.07. The van der Waals surface area contributed by atoms with Gasteiger partial charge >= 0.3 is 0 Å². The highest BCUT2D eigenvalue weighted by atomic mass is 16.5. The summed E-state index contributed by atoms with van der Waals surface area (Å²) in [6, 6.07) is 7.47. The Kier molecular flexibility index (Phi) is 3.34. The van der Waals surface area contributed by atoms with Crippen molar-refractivity contribution in [1.29, 1.82) is 0 Å². The van der Waals surface area contributed by atoms with Crippen LogP contribution in [-0.2, 0) is 6.61 Å². The number of aryl methyl sites for hydroxylation is 2. The average Bonchev–Trinajstić information content (AvgIpc) is 3.14. The van der Waals surface area contributed by atoms with Gasteiger partial charge in [-0.15, -0.1) is 5.10 Å². The second kappa shape index (κ2) is 5.52. The lowest BCUT2D eigenvalue weighted by Gasteiger charge is -2.08. The molecule has 0 radical (unpaired) electrons. The van der Waals surface area contributed by atoms with Crippen molar-refractivity contribution >= 4 is 16.7 Å². The molecule has 0 aliphatic heterocycles. The maximum atomic E-state index is 5.78. The van der Waals surface area contributed by atoms with E-state index < -0.39 is 0 Å². The summed E-state index contributed by atoms with van der Waals surface area (Å²) in [5.74, 6) is 2.72. The minimum Gasteiger partial charge on any atom is -0.493 e. The van der Waals surface area contributed by atoms with Crippen molar-refractivity contribution < 1.29 is 13.9 Å². The lowest BCUT2D eigenvalue weighted by molar-refractivity contribution is 0.276. The Morgan fingerprint density at radius 2 is 1.96 bits per heavy atom. The minimum atomic E-state index is 0.236. The number of rotatable bonds is 4. The van der Waals surface area contributed by atoms with E-state index in [0.717, 1.165) is 16.7 Å². The van der Waals surface area contributed by atoms with Crippen molar-refractivity contribution in [3.05, 3.63) is 47.7 Å². The van der Waals surface area contributed by atoms with Crippen LogP contribution in [0.3, 0.4) is 0 Å². The Bertz CT molecular complexity index is 1040. The molecule has 3 aromatic heterocycles. The van der Waals surface area contributed by atoms with E-state index in [-0.39, 0.29) is 6.61 Å². The van der Waals surface area contributed by atoms with E-state index in [0.29, 0.717) is 28.7 Å². The molecule has 0 saturated carbocycles. The molecule has 3 heterocycles. The van der Waals surface area contributed by atoms with Gasteiger partial charge in [-0.3, -0.25) is 0 Å². The van der Waals surface area contributed by atoms with Crippen molar-refractivity contribution in [1.82, 2.24) is 19.6 Å². The van der Waals surface area contributed by atoms with Crippen LogP contribution in [0.2, 0.25) is 0 Å². The van der Waals surface area contributed by atoms with Gasteiger partial charge in [-0.1, -0.05) is 12.1 Å². The Morgan fingerprint density at radius 3 is 2.75 bits per heavy atom. The summed E-state index contributed by atoms with van der Waals surface area (Å²) in [6.45, 7) is 4.14. The quantitative estimate of drug-likeness (QED) is 0.574. The van der Waals surface area contributed by atoms with E-state index in [1.165, 1.54) is 0 Å². The van der Waals surface area contributed by atoms with Crippen LogP contribution in [0.1, 0.15) is 17.1 Å². The van der Waals surface area contributed by atoms with Crippen LogP contribution in [0.25, 0.3) is 16.7 Å². The van der Waals surface area contributed by atoms with Gasteiger partial charge in [0.2, 0.25) is 5.71 Å². The van der Waals surface area contributed by atoms with Gasteiger partial charge in [-0.2, -0.15) is 0 Å². The van der Waals surface area contributed by atoms with Crippen LogP contribution in [-0.4, -0.2) is 26.7 Å². The zero-order chi connectivity index (χ0) is 16.7. The number of para-hydroxylation sites is 2. The smallest absolute Gasteiger partial charge is 0.231 e. The van der Waals surface area contributed by atoms with E-state index >= 15 is 0 Å². The van der Waals surface area contributed by atoms with E-state index in [1.807, 2.05) is 38.1 Å². The van der Waals surface area contributed by atoms with Crippen LogP contribution >= 0.6 is 0 Å². The van der Waals surface area contributed by atoms with E-state index in [1.54, 1.807) is 18.0 Å². The third-order valence-electron chi connectivity index (χ3n) is 3.98. The molecule has 0 amide bonds. The minimum absolute atomic E-state index is 0.236. The summed E-state index contributed by atoms with van der Waals surface area (Å²) in [4.78, 5) is 8.85. The Hall–Kier alpha value is -3.09. The molecule has 0 bridgehead atoms. The molecular formula is C17H16N4O3. The topological polar surface area (TPSA) is 74.7 Å². The number of nitrogens with zero attached hydrogens (tertiary/aromatic N) is 4. The molecule has 4 aromatic rings. The Labute approximate surface area is 137 Å². The van der Waals surface area contributed by atoms with Gasteiger partial charge in [0, 0.05) is 5.56 Å². The molecule has 0 saturated heterocycles. The van der Waals surface area contributed by atoms with Gasteiger partial charge in [0.25, 0.3) is 0 Å². The van der Waals surface area contributed by atoms with E-state index in [9.17, 15) is 0 Å². The number of furan rings is 1. The van der Waals surface area contributed by atoms with E-state index in [4.69, 9.17) is 13.9 Å². The van der Waals surface area contributed by atoms with Crippen molar-refractivity contribution in [3.8, 4) is 11.5 Å². The van der Waals surface area contributed by atoms with Gasteiger partial charge in [0.1, 0.15) is 18.7 Å². The molecule has 0 fully saturated rings. The first-order valence-corrected chi connectivity index (χ1v) is 7.53. The highest BCUT2D eigenvalue weighted by molar-refractivity contribution is 5.91. The summed E-state index contributed by atoms with van der Waals surface area (Å²) in [5.41, 5.74) is 2.31. The molecule has 122 valence electrons. The molecule has 0 spiro atoms. The van der Waals surface area contributed by atoms with Gasteiger partial charge in [0.15, 0.2) is 23.0 Å². The van der Waals surface area contributed by atoms with Crippen molar-refractivity contribution in [3.63, 3.8) is 0 Å². The van der Waals surface area contributed by atoms with E-state index in [2.05, 4.69) is 15.1 Å². The number of benzene rings is 1. The SMILES string of the molecule is COc1ccccc1OCc1nc2c3c(C)c(C)oc3ncn2n1. The molecule has 0 aliphatic rings. The highest BCUT2D eigenvalue weighted by Crippen LogP contribution is 2.28. The molecule has 1 aromatic carbocycles. The maximum Gasteiger partial charge on any atom is 0.231 e. The average molecular weight is 324 g/mol. The van der Waals surface area contributed by atoms with Crippen LogP contribution in [0.4, 0.5) is 0 Å². The molecule has 7 heteroatoms. The van der Waals surface area contributed by atoms with Gasteiger partial charge in [-0.05, 0) is 26.0 Å². The molecule has 0 aliphatic carbocycles. The number of methoxy groups -OCH3 is 1. The fraction of sp³-hybridized carbons (Fsp3) is 0.235. The normalized spacial score (nSPS) is 11.3. The summed E-state index contributed by atoms with van der Waals surface area (Å²) >= 11 is 0. The predicted molar refractivity (Wildman–Crippen MR) is 87.4 cm³/mol. The summed E-state index contributed by atoms with van der Waals surface area (Å²) in [5, 5.41) is 5.30. The van der Waals surface area contributed by atoms with Gasteiger partial charge < -0.3 is 13.9 Å². The molecular weight excluding hydrogens is 308 g/mol. The first-order chi connectivity index (χ1) is 11.7. The first-order valence-electron chi connectivity index (χ1n) is 7.53. The molecule has 0 N–H and O–H groups in total. The Balaban J connectivity index is 1.69. The fourth-order valence-corrected chi connectivity index (χ4v) is 2.63. The standard InChI is InChI=1S/C17H16N4O3/c1-10-11(2)24-17-15(10)16-19-14(20-21(16)9-18-17)8-23-13-7-5-4-6-12(13)22-3/h4-7,9H,8H2,1-3H3. The van der Waals surface area contributed by atoms with Crippen LogP contribution in [0.5, 0.6) is 11.5 Å². The molecule has 0 unspecified atom stereocenters. The second-order valence-electron chi connectivity index (χ2n) is 5.44. The lowest BCUT2D eigenvalue weighted by atomic mass is 10.2. The van der Waals surface area contributed by atoms with Crippen LogP contribution < -0.4 is 9.47 Å². The van der Waals surface area contributed by atoms with Crippen LogP contribution in [0.15, 0.2) is 35.0 Å². The lowest BCUT2D eigenvalue weighted by Crippen LogP contribution is -1.99. The molecule has 24 heavy (non-hydrogen) atoms. The zero-order valence-electron chi connectivity index (χ0n) is 13.6. The second-order valence-corrected chi connectivity index (χ2v) is 5.44. The van der Waals surface area contributed by atoms with Gasteiger partial charge in [0.05, 0.1) is 12.5 Å². The monoisotopic (exact) mass is 324 g/mol. The number of hydrogen-bond donors (Lipinski definition) is 0. The zero-order valence-corrected chi connectivity index (χ0v) is 13.6. The molecule has 7 nitrogen and oxygen atoms in total. The number of aromatic nitrogens is 4. The maximum absolute atomic E-state index is 5.78. The number of ether oxygens (including phenoxy) is 2. The third-order valence-corrected chi connectivity index (χ3v) is 3.98. The Morgan fingerprint density at radius 1 is 1.17 bits per heavy atom. The number of hydrogen-bond acceptors (Lipinski definition) is 6. The summed E-state index contributed by atoms with van der Waals surface area (Å²) in [6.07, 6.45) is 1.60.